The molecule has 2 aliphatic rings. The fourth-order valence-corrected chi connectivity index (χ4v) is 1.98. The molecule has 0 spiro atoms. The molecule has 0 aromatic carbocycles. The van der Waals surface area contributed by atoms with Gasteiger partial charge in [-0.15, -0.1) is 0 Å². The highest BCUT2D eigenvalue weighted by molar-refractivity contribution is 5.73. The SMILES string of the molecule is CC(=O)N[C@H]1[C@H](OC[C@@H]2CO2)O[C@H](CO)[C@@H](O)[C@@H]1O. The van der Waals surface area contributed by atoms with Crippen LogP contribution in [0.5, 0.6) is 0 Å². The molecule has 8 nitrogen and oxygen atoms in total. The largest absolute Gasteiger partial charge is 0.394 e. The molecule has 2 rings (SSSR count). The third kappa shape index (κ3) is 3.62. The monoisotopic (exact) mass is 277 g/mol. The van der Waals surface area contributed by atoms with Crippen molar-refractivity contribution in [3.63, 3.8) is 0 Å². The smallest absolute Gasteiger partial charge is 0.217 e. The van der Waals surface area contributed by atoms with E-state index >= 15 is 0 Å². The van der Waals surface area contributed by atoms with E-state index in [2.05, 4.69) is 5.32 Å². The molecule has 0 aromatic rings. The second-order valence-corrected chi connectivity index (χ2v) is 4.72. The minimum absolute atomic E-state index is 0.00172. The molecule has 0 unspecified atom stereocenters. The zero-order chi connectivity index (χ0) is 14.0. The Balaban J connectivity index is 2.01. The first-order valence-electron chi connectivity index (χ1n) is 6.15. The summed E-state index contributed by atoms with van der Waals surface area (Å²) >= 11 is 0. The van der Waals surface area contributed by atoms with Crippen molar-refractivity contribution >= 4 is 5.91 Å². The summed E-state index contributed by atoms with van der Waals surface area (Å²) in [6.45, 7) is 1.71. The Bertz CT molecular complexity index is 322. The zero-order valence-electron chi connectivity index (χ0n) is 10.6. The minimum atomic E-state index is -1.29. The maximum Gasteiger partial charge on any atom is 0.217 e. The Morgan fingerprint density at radius 1 is 1.42 bits per heavy atom. The van der Waals surface area contributed by atoms with Crippen LogP contribution in [0, 0.1) is 0 Å². The van der Waals surface area contributed by atoms with E-state index in [1.165, 1.54) is 6.92 Å². The molecule has 2 fully saturated rings. The molecule has 0 saturated carbocycles. The summed E-state index contributed by atoms with van der Waals surface area (Å²) in [6.07, 6.45) is -4.47. The minimum Gasteiger partial charge on any atom is -0.394 e. The van der Waals surface area contributed by atoms with Gasteiger partial charge in [0.2, 0.25) is 5.91 Å². The van der Waals surface area contributed by atoms with Crippen molar-refractivity contribution in [3.05, 3.63) is 0 Å². The molecule has 2 aliphatic heterocycles. The molecule has 2 heterocycles. The van der Waals surface area contributed by atoms with Crippen LogP contribution < -0.4 is 5.32 Å². The lowest BCUT2D eigenvalue weighted by atomic mass is 9.97. The lowest BCUT2D eigenvalue weighted by Crippen LogP contribution is -2.64. The van der Waals surface area contributed by atoms with Crippen LogP contribution in [0.3, 0.4) is 0 Å². The molecule has 0 aromatic heterocycles. The molecule has 6 atom stereocenters. The molecule has 2 saturated heterocycles. The van der Waals surface area contributed by atoms with Crippen molar-refractivity contribution in [1.82, 2.24) is 5.32 Å². The van der Waals surface area contributed by atoms with Crippen LogP contribution in [0.25, 0.3) is 0 Å². The number of nitrogens with one attached hydrogen (secondary N) is 1. The predicted molar refractivity (Wildman–Crippen MR) is 61.1 cm³/mol. The van der Waals surface area contributed by atoms with Crippen LogP contribution in [0.1, 0.15) is 6.92 Å². The van der Waals surface area contributed by atoms with Gasteiger partial charge in [0.1, 0.15) is 30.5 Å². The number of aliphatic hydroxyl groups excluding tert-OH is 3. The molecular weight excluding hydrogens is 258 g/mol. The number of ether oxygens (including phenoxy) is 3. The van der Waals surface area contributed by atoms with E-state index in [1.807, 2.05) is 0 Å². The fraction of sp³-hybridized carbons (Fsp3) is 0.909. The summed E-state index contributed by atoms with van der Waals surface area (Å²) in [5, 5.41) is 31.3. The molecule has 1 amide bonds. The van der Waals surface area contributed by atoms with Gasteiger partial charge in [-0.3, -0.25) is 4.79 Å². The standard InChI is InChI=1S/C11H19NO7/c1-5(14)12-8-10(16)9(15)7(2-13)19-11(8)18-4-6-3-17-6/h6-11,13,15-16H,2-4H2,1H3,(H,12,14)/t6-,7+,8+,9+,10+,11+/m0/s1. The van der Waals surface area contributed by atoms with Gasteiger partial charge in [-0.2, -0.15) is 0 Å². The van der Waals surface area contributed by atoms with Gasteiger partial charge < -0.3 is 34.8 Å². The van der Waals surface area contributed by atoms with Gasteiger partial charge in [0, 0.05) is 6.92 Å². The van der Waals surface area contributed by atoms with Crippen LogP contribution >= 0.6 is 0 Å². The van der Waals surface area contributed by atoms with Gasteiger partial charge >= 0.3 is 0 Å². The highest BCUT2D eigenvalue weighted by Gasteiger charge is 2.45. The van der Waals surface area contributed by atoms with Crippen LogP contribution in [-0.2, 0) is 19.0 Å². The second-order valence-electron chi connectivity index (χ2n) is 4.72. The van der Waals surface area contributed by atoms with E-state index in [4.69, 9.17) is 19.3 Å². The number of epoxide rings is 1. The Labute approximate surface area is 110 Å². The Hall–Kier alpha value is -0.770. The van der Waals surface area contributed by atoms with Crippen LogP contribution in [0.2, 0.25) is 0 Å². The van der Waals surface area contributed by atoms with Crippen LogP contribution in [0.4, 0.5) is 0 Å². The number of aliphatic hydroxyl groups is 3. The van der Waals surface area contributed by atoms with Crippen LogP contribution in [0.15, 0.2) is 0 Å². The van der Waals surface area contributed by atoms with Crippen molar-refractivity contribution in [2.75, 3.05) is 19.8 Å². The van der Waals surface area contributed by atoms with E-state index < -0.39 is 37.3 Å². The van der Waals surface area contributed by atoms with E-state index in [9.17, 15) is 15.0 Å². The maximum atomic E-state index is 11.1. The molecule has 0 bridgehead atoms. The predicted octanol–water partition coefficient (Wildman–Crippen LogP) is -2.65. The van der Waals surface area contributed by atoms with Crippen molar-refractivity contribution in [2.24, 2.45) is 0 Å². The first-order chi connectivity index (χ1) is 9.02. The summed E-state index contributed by atoms with van der Waals surface area (Å²) in [4.78, 5) is 11.1. The van der Waals surface area contributed by atoms with Gasteiger partial charge in [0.25, 0.3) is 0 Å². The summed E-state index contributed by atoms with van der Waals surface area (Å²) in [5.74, 6) is -0.376. The van der Waals surface area contributed by atoms with Crippen molar-refractivity contribution < 1.29 is 34.3 Å². The molecule has 4 N–H and O–H groups in total. The molecule has 19 heavy (non-hydrogen) atoms. The number of rotatable bonds is 5. The van der Waals surface area contributed by atoms with Gasteiger partial charge in [0.05, 0.1) is 19.8 Å². The Kier molecular flexibility index (Phi) is 4.71. The maximum absolute atomic E-state index is 11.1. The highest BCUT2D eigenvalue weighted by Crippen LogP contribution is 2.23. The fourth-order valence-electron chi connectivity index (χ4n) is 1.98. The number of carbonyl (C=O) groups excluding carboxylic acids is 1. The Morgan fingerprint density at radius 2 is 2.11 bits per heavy atom. The molecule has 0 aliphatic carbocycles. The van der Waals surface area contributed by atoms with E-state index in [1.54, 1.807) is 0 Å². The van der Waals surface area contributed by atoms with E-state index in [-0.39, 0.29) is 18.6 Å². The number of hydrogen-bond donors (Lipinski definition) is 4. The zero-order valence-corrected chi connectivity index (χ0v) is 10.6. The highest BCUT2D eigenvalue weighted by atomic mass is 16.7. The number of hydrogen-bond acceptors (Lipinski definition) is 7. The lowest BCUT2D eigenvalue weighted by Gasteiger charge is -2.42. The quantitative estimate of drug-likeness (QED) is 0.405. The third-order valence-corrected chi connectivity index (χ3v) is 3.10. The topological polar surface area (TPSA) is 121 Å². The van der Waals surface area contributed by atoms with E-state index in [0.717, 1.165) is 0 Å². The van der Waals surface area contributed by atoms with Gasteiger partial charge in [0.15, 0.2) is 6.29 Å². The normalized spacial score (nSPS) is 41.9. The summed E-state index contributed by atoms with van der Waals surface area (Å²) in [5.41, 5.74) is 0. The first-order valence-corrected chi connectivity index (χ1v) is 6.15. The van der Waals surface area contributed by atoms with Crippen molar-refractivity contribution in [2.45, 2.75) is 43.7 Å². The molecule has 8 heteroatoms. The summed E-state index contributed by atoms with van der Waals surface area (Å²) < 4.78 is 15.8. The number of amides is 1. The summed E-state index contributed by atoms with van der Waals surface area (Å²) in [6, 6.07) is -0.894. The van der Waals surface area contributed by atoms with E-state index in [0.29, 0.717) is 6.61 Å². The number of carbonyl (C=O) groups is 1. The second kappa shape index (κ2) is 6.12. The van der Waals surface area contributed by atoms with Gasteiger partial charge in [-0.05, 0) is 0 Å². The average molecular weight is 277 g/mol. The first kappa shape index (κ1) is 14.6. The molecular formula is C11H19NO7. The van der Waals surface area contributed by atoms with Crippen LogP contribution in [-0.4, -0.2) is 77.8 Å². The summed E-state index contributed by atoms with van der Waals surface area (Å²) in [7, 11) is 0. The van der Waals surface area contributed by atoms with Gasteiger partial charge in [-0.1, -0.05) is 0 Å². The average Bonchev–Trinajstić information content (AvgIpc) is 3.18. The van der Waals surface area contributed by atoms with Gasteiger partial charge in [-0.25, -0.2) is 0 Å². The molecule has 110 valence electrons. The van der Waals surface area contributed by atoms with Crippen molar-refractivity contribution in [3.8, 4) is 0 Å². The third-order valence-electron chi connectivity index (χ3n) is 3.10. The van der Waals surface area contributed by atoms with Crippen molar-refractivity contribution in [1.29, 1.82) is 0 Å². The molecule has 0 radical (unpaired) electrons. The Morgan fingerprint density at radius 3 is 2.63 bits per heavy atom. The lowest BCUT2D eigenvalue weighted by molar-refractivity contribution is -0.270.